The van der Waals surface area contributed by atoms with Crippen LogP contribution in [-0.4, -0.2) is 85.5 Å². The summed E-state index contributed by atoms with van der Waals surface area (Å²) in [6.45, 7) is 8.16. The summed E-state index contributed by atoms with van der Waals surface area (Å²) in [5, 5.41) is 17.9. The number of pyridine rings is 1. The molecular weight excluding hydrogens is 554 g/mol. The highest BCUT2D eigenvalue weighted by Crippen LogP contribution is 2.38. The number of nitrogens with one attached hydrogen (secondary N) is 1. The molecule has 2 aromatic heterocycles. The van der Waals surface area contributed by atoms with Gasteiger partial charge in [0.05, 0.1) is 28.4 Å². The second-order valence-corrected chi connectivity index (χ2v) is 10.7. The summed E-state index contributed by atoms with van der Waals surface area (Å²) in [7, 11) is 1.34. The third-order valence-corrected chi connectivity index (χ3v) is 7.51. The number of para-hydroxylation sites is 1. The van der Waals surface area contributed by atoms with Gasteiger partial charge in [0.1, 0.15) is 39.9 Å². The van der Waals surface area contributed by atoms with Crippen molar-refractivity contribution in [3.05, 3.63) is 48.0 Å². The zero-order chi connectivity index (χ0) is 30.3. The summed E-state index contributed by atoms with van der Waals surface area (Å²) in [5.74, 6) is 0.833. The van der Waals surface area contributed by atoms with Gasteiger partial charge in [0, 0.05) is 11.8 Å². The Morgan fingerprint density at radius 1 is 1.02 bits per heavy atom. The maximum absolute atomic E-state index is 13.6. The van der Waals surface area contributed by atoms with Crippen molar-refractivity contribution >= 4 is 28.4 Å². The minimum Gasteiger partial charge on any atom is -0.494 e. The fraction of sp³-hybridized carbons (Fsp3) is 0.346. The van der Waals surface area contributed by atoms with Gasteiger partial charge in [-0.3, -0.25) is 14.3 Å². The maximum Gasteiger partial charge on any atom is 0.243 e. The molecule has 0 fully saturated rings. The average molecular weight is 588 g/mol. The number of aliphatic hydroxyl groups excluding tert-OH is 1. The minimum atomic E-state index is -4.37. The molecule has 3 aromatic rings. The van der Waals surface area contributed by atoms with E-state index in [-0.39, 0.29) is 23.4 Å². The molecule has 0 unspecified atom stereocenters. The molecule has 0 amide bonds. The molecule has 0 aliphatic rings. The van der Waals surface area contributed by atoms with Crippen molar-refractivity contribution in [2.24, 2.45) is 9.98 Å². The lowest BCUT2D eigenvalue weighted by molar-refractivity contribution is 0.191. The smallest absolute Gasteiger partial charge is 0.243 e. The molecule has 0 aliphatic heterocycles. The number of aromatic nitrogens is 4. The van der Waals surface area contributed by atoms with Crippen molar-refractivity contribution in [3.8, 4) is 34.6 Å². The Balaban J connectivity index is 2.20. The molecule has 0 saturated heterocycles. The third-order valence-electron chi connectivity index (χ3n) is 5.81. The topological polar surface area (TPSA) is 172 Å². The first kappa shape index (κ1) is 31.0. The molecule has 2 N–H and O–H groups in total. The van der Waals surface area contributed by atoms with Crippen LogP contribution in [0.25, 0.3) is 17.2 Å². The first-order chi connectivity index (χ1) is 19.5. The van der Waals surface area contributed by atoms with E-state index in [0.717, 1.165) is 0 Å². The highest BCUT2D eigenvalue weighted by molar-refractivity contribution is 7.93. The monoisotopic (exact) mass is 587 g/mol. The minimum absolute atomic E-state index is 0.0668. The van der Waals surface area contributed by atoms with E-state index in [0.29, 0.717) is 34.5 Å². The Labute approximate surface area is 238 Å². The van der Waals surface area contributed by atoms with Crippen LogP contribution in [0.1, 0.15) is 20.8 Å². The Kier molecular flexibility index (Phi) is 10.0. The first-order valence-corrected chi connectivity index (χ1v) is 13.7. The number of methoxy groups -OCH3 is 4. The van der Waals surface area contributed by atoms with Gasteiger partial charge in [-0.15, -0.1) is 10.2 Å². The van der Waals surface area contributed by atoms with Crippen molar-refractivity contribution in [2.45, 2.75) is 32.1 Å². The number of rotatable bonds is 13. The summed E-state index contributed by atoms with van der Waals surface area (Å²) in [5.41, 5.74) is 1.07. The van der Waals surface area contributed by atoms with E-state index in [9.17, 15) is 13.5 Å². The molecule has 0 spiro atoms. The maximum atomic E-state index is 13.6. The molecule has 2 heterocycles. The number of benzene rings is 1. The lowest BCUT2D eigenvalue weighted by Crippen LogP contribution is -2.37. The van der Waals surface area contributed by atoms with Gasteiger partial charge in [-0.2, -0.15) is 0 Å². The van der Waals surface area contributed by atoms with Crippen LogP contribution >= 0.6 is 0 Å². The predicted molar refractivity (Wildman–Crippen MR) is 155 cm³/mol. The predicted octanol–water partition coefficient (Wildman–Crippen LogP) is 2.84. The largest absolute Gasteiger partial charge is 0.494 e. The van der Waals surface area contributed by atoms with Crippen LogP contribution in [0.2, 0.25) is 0 Å². The molecule has 41 heavy (non-hydrogen) atoms. The molecule has 0 saturated carbocycles. The van der Waals surface area contributed by atoms with Crippen LogP contribution < -0.4 is 18.9 Å². The Bertz CT molecular complexity index is 1540. The number of hydrogen-bond donors (Lipinski definition) is 2. The second-order valence-electron chi connectivity index (χ2n) is 8.67. The first-order valence-electron chi connectivity index (χ1n) is 12.2. The van der Waals surface area contributed by atoms with Crippen LogP contribution in [0.15, 0.2) is 58.0 Å². The molecule has 1 aromatic carbocycles. The van der Waals surface area contributed by atoms with Crippen LogP contribution in [0, 0.1) is 0 Å². The zero-order valence-corrected chi connectivity index (χ0v) is 24.6. The fourth-order valence-corrected chi connectivity index (χ4v) is 4.78. The van der Waals surface area contributed by atoms with E-state index < -0.39 is 21.4 Å². The standard InChI is InChI=1S/C26H33N7O7S/c1-15(2)28-25(40-8)21(27-4)23(34)16(3)41(35,36)32-26-31-30-24(17-11-9-14-20(29-17)39-7)33(26)22-18(37-5)12-10-13-19(22)38-6/h9-14,16,23,34H,4H2,1-3,5-8H3,(H,31,32)/b25-21+/t16-,23+/m0/s1. The summed E-state index contributed by atoms with van der Waals surface area (Å²) in [4.78, 5) is 12.4. The molecule has 0 bridgehead atoms. The lowest BCUT2D eigenvalue weighted by Gasteiger charge is -2.22. The molecule has 0 aliphatic carbocycles. The molecule has 2 atom stereocenters. The van der Waals surface area contributed by atoms with Gasteiger partial charge in [0.2, 0.25) is 27.7 Å². The van der Waals surface area contributed by atoms with E-state index in [1.165, 1.54) is 39.9 Å². The van der Waals surface area contributed by atoms with Crippen molar-refractivity contribution in [1.82, 2.24) is 19.7 Å². The summed E-state index contributed by atoms with van der Waals surface area (Å²) in [6, 6.07) is 10.1. The molecular formula is C26H33N7O7S. The van der Waals surface area contributed by atoms with Gasteiger partial charge < -0.3 is 24.1 Å². The number of hydrogen-bond acceptors (Lipinski definition) is 12. The van der Waals surface area contributed by atoms with Crippen molar-refractivity contribution in [1.29, 1.82) is 0 Å². The molecule has 3 rings (SSSR count). The Hall–Kier alpha value is -4.50. The highest BCUT2D eigenvalue weighted by Gasteiger charge is 2.35. The molecule has 220 valence electrons. The molecule has 0 radical (unpaired) electrons. The average Bonchev–Trinajstić information content (AvgIpc) is 3.37. The highest BCUT2D eigenvalue weighted by atomic mass is 32.2. The fourth-order valence-electron chi connectivity index (χ4n) is 3.74. The van der Waals surface area contributed by atoms with E-state index >= 15 is 0 Å². The van der Waals surface area contributed by atoms with Crippen LogP contribution in [0.4, 0.5) is 5.95 Å². The van der Waals surface area contributed by atoms with E-state index in [1.807, 2.05) is 0 Å². The number of aliphatic imine (C=N–C) groups is 2. The van der Waals surface area contributed by atoms with Crippen LogP contribution in [0.3, 0.4) is 0 Å². The second kappa shape index (κ2) is 13.2. The van der Waals surface area contributed by atoms with Gasteiger partial charge in [-0.25, -0.2) is 18.4 Å². The lowest BCUT2D eigenvalue weighted by atomic mass is 10.2. The van der Waals surface area contributed by atoms with Crippen LogP contribution in [-0.2, 0) is 14.8 Å². The number of anilines is 1. The van der Waals surface area contributed by atoms with Crippen molar-refractivity contribution in [3.63, 3.8) is 0 Å². The summed E-state index contributed by atoms with van der Waals surface area (Å²) in [6.07, 6.45) is -1.67. The molecule has 15 heteroatoms. The van der Waals surface area contributed by atoms with Gasteiger partial charge >= 0.3 is 0 Å². The Morgan fingerprint density at radius 2 is 1.66 bits per heavy atom. The van der Waals surface area contributed by atoms with Gasteiger partial charge in [0.15, 0.2) is 5.82 Å². The number of ether oxygens (including phenoxy) is 4. The van der Waals surface area contributed by atoms with Crippen LogP contribution in [0.5, 0.6) is 17.4 Å². The number of nitrogens with zero attached hydrogens (tertiary/aromatic N) is 6. The van der Waals surface area contributed by atoms with Crippen molar-refractivity contribution in [2.75, 3.05) is 33.2 Å². The van der Waals surface area contributed by atoms with E-state index in [4.69, 9.17) is 18.9 Å². The quantitative estimate of drug-likeness (QED) is 0.224. The SMILES string of the molecule is C=N/C(=C(\N=C(C)C)OC)[C@H](O)[C@H](C)S(=O)(=O)Nc1nnc(-c2cccc(OC)n2)n1-c1c(OC)cccc1OC. The van der Waals surface area contributed by atoms with Crippen molar-refractivity contribution < 1.29 is 32.5 Å². The van der Waals surface area contributed by atoms with Gasteiger partial charge in [-0.05, 0) is 45.7 Å². The van der Waals surface area contributed by atoms with Gasteiger partial charge in [-0.1, -0.05) is 12.1 Å². The van der Waals surface area contributed by atoms with Gasteiger partial charge in [0.25, 0.3) is 0 Å². The third kappa shape index (κ3) is 6.63. The van der Waals surface area contributed by atoms with E-state index in [2.05, 4.69) is 36.6 Å². The zero-order valence-electron chi connectivity index (χ0n) is 23.8. The number of sulfonamides is 1. The van der Waals surface area contributed by atoms with E-state index in [1.54, 1.807) is 50.2 Å². The molecule has 14 nitrogen and oxygen atoms in total. The number of aliphatic hydroxyl groups is 1. The summed E-state index contributed by atoms with van der Waals surface area (Å²) < 4.78 is 52.7. The summed E-state index contributed by atoms with van der Waals surface area (Å²) >= 11 is 0. The normalized spacial score (nSPS) is 13.4. The Morgan fingerprint density at radius 3 is 2.20 bits per heavy atom.